The molecule has 4 aromatic carbocycles. The molecule has 1 aliphatic rings. The zero-order chi connectivity index (χ0) is 15.7. The highest BCUT2D eigenvalue weighted by molar-refractivity contribution is 6.22. The van der Waals surface area contributed by atoms with E-state index in [-0.39, 0.29) is 0 Å². The van der Waals surface area contributed by atoms with Crippen LogP contribution in [0.15, 0.2) is 72.8 Å². The van der Waals surface area contributed by atoms with Crippen LogP contribution in [-0.4, -0.2) is 4.98 Å². The van der Waals surface area contributed by atoms with Gasteiger partial charge in [0.25, 0.3) is 0 Å². The first-order valence-electron chi connectivity index (χ1n) is 8.43. The molecule has 1 aliphatic carbocycles. The molecule has 0 spiro atoms. The van der Waals surface area contributed by atoms with Gasteiger partial charge in [-0.25, -0.2) is 0 Å². The van der Waals surface area contributed by atoms with E-state index in [1.54, 1.807) is 0 Å². The predicted molar refractivity (Wildman–Crippen MR) is 102 cm³/mol. The Kier molecular flexibility index (Phi) is 2.20. The lowest BCUT2D eigenvalue weighted by Crippen LogP contribution is -1.83. The van der Waals surface area contributed by atoms with Gasteiger partial charge in [-0.15, -0.1) is 0 Å². The number of nitrogens with one attached hydrogen (secondary N) is 1. The van der Waals surface area contributed by atoms with Gasteiger partial charge in [0.15, 0.2) is 0 Å². The standard InChI is InChI=1S/C23H15N/c1-2-6-16-14(5-1)13-15-9-10-18-17(22(15)16)11-12-21-23(18)19-7-3-4-8-20(19)24-21/h1-12,24H,13H2. The summed E-state index contributed by atoms with van der Waals surface area (Å²) in [7, 11) is 0. The third-order valence-corrected chi connectivity index (χ3v) is 5.42. The van der Waals surface area contributed by atoms with E-state index in [1.807, 2.05) is 0 Å². The van der Waals surface area contributed by atoms with Crippen LogP contribution in [0, 0.1) is 0 Å². The van der Waals surface area contributed by atoms with Crippen molar-refractivity contribution in [1.82, 2.24) is 4.98 Å². The molecule has 0 fully saturated rings. The molecule has 5 aromatic rings. The quantitative estimate of drug-likeness (QED) is 0.352. The van der Waals surface area contributed by atoms with Crippen LogP contribution in [0.25, 0.3) is 43.7 Å². The maximum Gasteiger partial charge on any atom is 0.0471 e. The van der Waals surface area contributed by atoms with Crippen molar-refractivity contribution in [3.63, 3.8) is 0 Å². The minimum absolute atomic E-state index is 1.05. The maximum atomic E-state index is 3.56. The topological polar surface area (TPSA) is 15.8 Å². The van der Waals surface area contributed by atoms with E-state index < -0.39 is 0 Å². The van der Waals surface area contributed by atoms with Gasteiger partial charge in [0.1, 0.15) is 0 Å². The average molecular weight is 305 g/mol. The number of hydrogen-bond donors (Lipinski definition) is 1. The smallest absolute Gasteiger partial charge is 0.0471 e. The van der Waals surface area contributed by atoms with Gasteiger partial charge >= 0.3 is 0 Å². The lowest BCUT2D eigenvalue weighted by molar-refractivity contribution is 1.27. The van der Waals surface area contributed by atoms with Gasteiger partial charge in [-0.3, -0.25) is 0 Å². The number of aromatic amines is 1. The van der Waals surface area contributed by atoms with Gasteiger partial charge in [-0.05, 0) is 51.6 Å². The lowest BCUT2D eigenvalue weighted by Gasteiger charge is -2.08. The molecule has 0 bridgehead atoms. The number of H-pyrrole nitrogens is 1. The van der Waals surface area contributed by atoms with Crippen molar-refractivity contribution in [3.05, 3.63) is 83.9 Å². The Bertz CT molecular complexity index is 1270. The number of para-hydroxylation sites is 1. The van der Waals surface area contributed by atoms with Crippen LogP contribution in [0.1, 0.15) is 11.1 Å². The SMILES string of the molecule is c1ccc2c(c1)Cc1ccc3c(ccc4[nH]c5ccccc5c43)c1-2. The molecule has 1 heterocycles. The molecular formula is C23H15N. The molecule has 0 saturated heterocycles. The molecular weight excluding hydrogens is 290 g/mol. The minimum Gasteiger partial charge on any atom is -0.354 e. The Morgan fingerprint density at radius 3 is 2.42 bits per heavy atom. The maximum absolute atomic E-state index is 3.56. The average Bonchev–Trinajstić information content (AvgIpc) is 3.19. The van der Waals surface area contributed by atoms with Gasteiger partial charge in [-0.2, -0.15) is 0 Å². The summed E-state index contributed by atoms with van der Waals surface area (Å²) in [5.74, 6) is 0. The molecule has 1 N–H and O–H groups in total. The zero-order valence-electron chi connectivity index (χ0n) is 13.1. The van der Waals surface area contributed by atoms with Crippen molar-refractivity contribution in [2.45, 2.75) is 6.42 Å². The zero-order valence-corrected chi connectivity index (χ0v) is 13.1. The van der Waals surface area contributed by atoms with Crippen molar-refractivity contribution < 1.29 is 0 Å². The summed E-state index contributed by atoms with van der Waals surface area (Å²) in [6.45, 7) is 0. The number of hydrogen-bond acceptors (Lipinski definition) is 0. The van der Waals surface area contributed by atoms with Crippen LogP contribution in [0.2, 0.25) is 0 Å². The third kappa shape index (κ3) is 1.45. The number of rotatable bonds is 0. The van der Waals surface area contributed by atoms with Crippen LogP contribution in [-0.2, 0) is 6.42 Å². The Balaban J connectivity index is 1.83. The van der Waals surface area contributed by atoms with Crippen LogP contribution in [0.3, 0.4) is 0 Å². The van der Waals surface area contributed by atoms with Crippen molar-refractivity contribution in [3.8, 4) is 11.1 Å². The summed E-state index contributed by atoms with van der Waals surface area (Å²) in [6, 6.07) is 26.5. The largest absolute Gasteiger partial charge is 0.354 e. The fourth-order valence-corrected chi connectivity index (χ4v) is 4.39. The Hall–Kier alpha value is -3.06. The van der Waals surface area contributed by atoms with E-state index in [4.69, 9.17) is 0 Å². The van der Waals surface area contributed by atoms with Gasteiger partial charge in [-0.1, -0.05) is 60.7 Å². The normalized spacial score (nSPS) is 12.8. The summed E-state index contributed by atoms with van der Waals surface area (Å²) in [6.07, 6.45) is 1.05. The summed E-state index contributed by atoms with van der Waals surface area (Å²) in [4.78, 5) is 3.56. The summed E-state index contributed by atoms with van der Waals surface area (Å²) < 4.78 is 0. The molecule has 0 unspecified atom stereocenters. The fourth-order valence-electron chi connectivity index (χ4n) is 4.39. The molecule has 112 valence electrons. The Morgan fingerprint density at radius 2 is 1.42 bits per heavy atom. The van der Waals surface area contributed by atoms with Crippen molar-refractivity contribution >= 4 is 32.6 Å². The second-order valence-electron chi connectivity index (χ2n) is 6.69. The molecule has 24 heavy (non-hydrogen) atoms. The molecule has 0 amide bonds. The van der Waals surface area contributed by atoms with Crippen LogP contribution >= 0.6 is 0 Å². The number of fused-ring (bicyclic) bond motifs is 9. The number of aromatic nitrogens is 1. The first-order chi connectivity index (χ1) is 11.9. The molecule has 1 aromatic heterocycles. The molecule has 0 aliphatic heterocycles. The highest BCUT2D eigenvalue weighted by Crippen LogP contribution is 2.43. The van der Waals surface area contributed by atoms with Crippen molar-refractivity contribution in [1.29, 1.82) is 0 Å². The lowest BCUT2D eigenvalue weighted by atomic mass is 9.95. The second-order valence-corrected chi connectivity index (χ2v) is 6.69. The van der Waals surface area contributed by atoms with Gasteiger partial charge < -0.3 is 4.98 Å². The highest BCUT2D eigenvalue weighted by atomic mass is 14.7. The summed E-state index contributed by atoms with van der Waals surface area (Å²) in [5, 5.41) is 5.37. The first kappa shape index (κ1) is 12.4. The molecule has 1 nitrogen and oxygen atoms in total. The Labute approximate surface area is 139 Å². The van der Waals surface area contributed by atoms with Crippen molar-refractivity contribution in [2.24, 2.45) is 0 Å². The molecule has 0 saturated carbocycles. The van der Waals surface area contributed by atoms with E-state index in [2.05, 4.69) is 77.8 Å². The molecule has 0 atom stereocenters. The Morgan fingerprint density at radius 1 is 0.583 bits per heavy atom. The van der Waals surface area contributed by atoms with E-state index in [1.165, 1.54) is 54.8 Å². The van der Waals surface area contributed by atoms with E-state index in [0.717, 1.165) is 6.42 Å². The van der Waals surface area contributed by atoms with Crippen molar-refractivity contribution in [2.75, 3.05) is 0 Å². The fraction of sp³-hybridized carbons (Fsp3) is 0.0435. The van der Waals surface area contributed by atoms with Gasteiger partial charge in [0, 0.05) is 21.8 Å². The number of benzene rings is 4. The molecule has 0 radical (unpaired) electrons. The van der Waals surface area contributed by atoms with Crippen LogP contribution < -0.4 is 0 Å². The molecule has 1 heteroatoms. The molecule has 6 rings (SSSR count). The third-order valence-electron chi connectivity index (χ3n) is 5.42. The van der Waals surface area contributed by atoms with Gasteiger partial charge in [0.05, 0.1) is 0 Å². The monoisotopic (exact) mass is 305 g/mol. The summed E-state index contributed by atoms with van der Waals surface area (Å²) >= 11 is 0. The van der Waals surface area contributed by atoms with E-state index in [9.17, 15) is 0 Å². The van der Waals surface area contributed by atoms with Crippen LogP contribution in [0.4, 0.5) is 0 Å². The predicted octanol–water partition coefficient (Wildman–Crippen LogP) is 6.05. The minimum atomic E-state index is 1.05. The summed E-state index contributed by atoms with van der Waals surface area (Å²) in [5.41, 5.74) is 8.14. The first-order valence-corrected chi connectivity index (χ1v) is 8.43. The van der Waals surface area contributed by atoms with E-state index >= 15 is 0 Å². The van der Waals surface area contributed by atoms with Crippen LogP contribution in [0.5, 0.6) is 0 Å². The second kappa shape index (κ2) is 4.27. The highest BCUT2D eigenvalue weighted by Gasteiger charge is 2.21. The van der Waals surface area contributed by atoms with E-state index in [0.29, 0.717) is 0 Å². The van der Waals surface area contributed by atoms with Gasteiger partial charge in [0.2, 0.25) is 0 Å².